The van der Waals surface area contributed by atoms with Crippen molar-refractivity contribution in [2.45, 2.75) is 55.1 Å². The Kier molecular flexibility index (Phi) is 5.39. The number of nitrogens with zero attached hydrogens (tertiary/aromatic N) is 2. The minimum Gasteiger partial charge on any atom is -0.353 e. The number of carbonyl (C=O) groups is 1. The molecule has 2 N–H and O–H groups in total. The number of piperidine rings is 1. The Morgan fingerprint density at radius 1 is 1.42 bits per heavy atom. The first-order chi connectivity index (χ1) is 11.4. The number of fused-ring (bicyclic) bond motifs is 1. The molecule has 1 aromatic rings. The van der Waals surface area contributed by atoms with Crippen LogP contribution in [0.25, 0.3) is 0 Å². The maximum atomic E-state index is 12.5. The van der Waals surface area contributed by atoms with E-state index < -0.39 is 10.8 Å². The molecule has 0 spiro atoms. The molecule has 0 aromatic carbocycles. The lowest BCUT2D eigenvalue weighted by Crippen LogP contribution is -2.55. The normalized spacial score (nSPS) is 32.4. The fraction of sp³-hybridized carbons (Fsp3) is 0.688. The van der Waals surface area contributed by atoms with E-state index in [4.69, 9.17) is 11.6 Å². The molecule has 2 heterocycles. The van der Waals surface area contributed by atoms with Crippen LogP contribution in [0.1, 0.15) is 32.6 Å². The van der Waals surface area contributed by atoms with Crippen molar-refractivity contribution in [1.29, 1.82) is 0 Å². The second-order valence-corrected chi connectivity index (χ2v) is 8.68. The number of carbonyl (C=O) groups excluding carboxylic acids is 1. The van der Waals surface area contributed by atoms with E-state index in [1.807, 2.05) is 6.92 Å². The van der Waals surface area contributed by atoms with Crippen molar-refractivity contribution in [3.63, 3.8) is 0 Å². The summed E-state index contributed by atoms with van der Waals surface area (Å²) in [6.07, 6.45) is 6.87. The van der Waals surface area contributed by atoms with Gasteiger partial charge in [0.1, 0.15) is 5.03 Å². The molecule has 1 saturated carbocycles. The van der Waals surface area contributed by atoms with Crippen LogP contribution >= 0.6 is 11.6 Å². The highest BCUT2D eigenvalue weighted by atomic mass is 35.5. The molecule has 1 amide bonds. The van der Waals surface area contributed by atoms with Crippen molar-refractivity contribution < 1.29 is 9.00 Å². The van der Waals surface area contributed by atoms with Gasteiger partial charge in [-0.2, -0.15) is 0 Å². The summed E-state index contributed by atoms with van der Waals surface area (Å²) in [5, 5.41) is 7.04. The zero-order chi connectivity index (χ0) is 17.3. The first-order valence-electron chi connectivity index (χ1n) is 8.31. The Hall–Kier alpha value is -1.21. The maximum absolute atomic E-state index is 12.5. The SMILES string of the molecule is C[C@H](Nc1nccc([S@](C)=O)n1)C1CC2CC(Cl)CCC2NC1=O. The second kappa shape index (κ2) is 7.35. The van der Waals surface area contributed by atoms with E-state index in [1.54, 1.807) is 18.5 Å². The summed E-state index contributed by atoms with van der Waals surface area (Å²) in [4.78, 5) is 20.9. The largest absolute Gasteiger partial charge is 0.353 e. The quantitative estimate of drug-likeness (QED) is 0.625. The molecule has 8 heteroatoms. The van der Waals surface area contributed by atoms with Crippen LogP contribution in [-0.2, 0) is 15.6 Å². The first kappa shape index (κ1) is 17.6. The Labute approximate surface area is 149 Å². The van der Waals surface area contributed by atoms with Crippen molar-refractivity contribution in [2.75, 3.05) is 11.6 Å². The molecule has 6 nitrogen and oxygen atoms in total. The van der Waals surface area contributed by atoms with Gasteiger partial charge >= 0.3 is 0 Å². The van der Waals surface area contributed by atoms with Crippen LogP contribution in [0.15, 0.2) is 17.3 Å². The van der Waals surface area contributed by atoms with Crippen molar-refractivity contribution in [2.24, 2.45) is 11.8 Å². The molecular formula is C16H23ClN4O2S. The average Bonchev–Trinajstić information content (AvgIpc) is 2.54. The zero-order valence-electron chi connectivity index (χ0n) is 13.9. The van der Waals surface area contributed by atoms with E-state index in [0.29, 0.717) is 16.9 Å². The van der Waals surface area contributed by atoms with Gasteiger partial charge in [0.05, 0.1) is 16.7 Å². The van der Waals surface area contributed by atoms with Gasteiger partial charge in [0.25, 0.3) is 0 Å². The summed E-state index contributed by atoms with van der Waals surface area (Å²) in [5.41, 5.74) is 0. The lowest BCUT2D eigenvalue weighted by atomic mass is 9.74. The van der Waals surface area contributed by atoms with Crippen molar-refractivity contribution >= 4 is 34.3 Å². The molecule has 3 rings (SSSR count). The second-order valence-electron chi connectivity index (χ2n) is 6.73. The molecule has 1 saturated heterocycles. The lowest BCUT2D eigenvalue weighted by molar-refractivity contribution is -0.130. The lowest BCUT2D eigenvalue weighted by Gasteiger charge is -2.42. The predicted molar refractivity (Wildman–Crippen MR) is 94.5 cm³/mol. The molecule has 1 aliphatic carbocycles. The summed E-state index contributed by atoms with van der Waals surface area (Å²) in [5.74, 6) is 0.777. The Morgan fingerprint density at radius 3 is 2.96 bits per heavy atom. The fourth-order valence-corrected chi connectivity index (χ4v) is 4.51. The van der Waals surface area contributed by atoms with Gasteiger partial charge in [-0.15, -0.1) is 11.6 Å². The number of rotatable bonds is 4. The smallest absolute Gasteiger partial charge is 0.225 e. The van der Waals surface area contributed by atoms with Gasteiger partial charge < -0.3 is 10.6 Å². The molecule has 4 unspecified atom stereocenters. The molecule has 1 aromatic heterocycles. The Bertz CT molecular complexity index is 644. The number of alkyl halides is 1. The van der Waals surface area contributed by atoms with Gasteiger partial charge in [-0.1, -0.05) is 0 Å². The molecule has 2 aliphatic rings. The van der Waals surface area contributed by atoms with E-state index >= 15 is 0 Å². The topological polar surface area (TPSA) is 84.0 Å². The van der Waals surface area contributed by atoms with Gasteiger partial charge in [-0.25, -0.2) is 9.97 Å². The third kappa shape index (κ3) is 3.88. The van der Waals surface area contributed by atoms with Gasteiger partial charge in [0, 0.05) is 29.9 Å². The Balaban J connectivity index is 1.68. The molecule has 0 radical (unpaired) electrons. The molecule has 132 valence electrons. The molecular weight excluding hydrogens is 348 g/mol. The third-order valence-electron chi connectivity index (χ3n) is 5.02. The molecule has 1 aliphatic heterocycles. The van der Waals surface area contributed by atoms with Crippen LogP contribution in [0.4, 0.5) is 5.95 Å². The summed E-state index contributed by atoms with van der Waals surface area (Å²) in [7, 11) is -1.16. The number of anilines is 1. The first-order valence-corrected chi connectivity index (χ1v) is 10.3. The molecule has 2 fully saturated rings. The van der Waals surface area contributed by atoms with Crippen LogP contribution < -0.4 is 10.6 Å². The maximum Gasteiger partial charge on any atom is 0.225 e. The number of hydrogen-bond donors (Lipinski definition) is 2. The van der Waals surface area contributed by atoms with Crippen LogP contribution in [-0.4, -0.2) is 43.8 Å². The summed E-state index contributed by atoms with van der Waals surface area (Å²) >= 11 is 6.30. The highest BCUT2D eigenvalue weighted by Crippen LogP contribution is 2.36. The number of halogens is 1. The van der Waals surface area contributed by atoms with E-state index in [1.165, 1.54) is 0 Å². The molecule has 24 heavy (non-hydrogen) atoms. The fourth-order valence-electron chi connectivity index (χ4n) is 3.69. The van der Waals surface area contributed by atoms with Crippen LogP contribution in [0.2, 0.25) is 0 Å². The summed E-state index contributed by atoms with van der Waals surface area (Å²) < 4.78 is 11.5. The molecule has 0 bridgehead atoms. The van der Waals surface area contributed by atoms with Crippen LogP contribution in [0.5, 0.6) is 0 Å². The van der Waals surface area contributed by atoms with Crippen molar-refractivity contribution in [3.05, 3.63) is 12.3 Å². The van der Waals surface area contributed by atoms with E-state index in [-0.39, 0.29) is 29.3 Å². The number of hydrogen-bond acceptors (Lipinski definition) is 5. The third-order valence-corrected chi connectivity index (χ3v) is 6.24. The van der Waals surface area contributed by atoms with Crippen molar-refractivity contribution in [3.8, 4) is 0 Å². The minimum absolute atomic E-state index is 0.0829. The number of amides is 1. The summed E-state index contributed by atoms with van der Waals surface area (Å²) in [6.45, 7) is 1.96. The van der Waals surface area contributed by atoms with Gasteiger partial charge in [0.15, 0.2) is 0 Å². The summed E-state index contributed by atoms with van der Waals surface area (Å²) in [6, 6.07) is 1.78. The minimum atomic E-state index is -1.16. The highest BCUT2D eigenvalue weighted by Gasteiger charge is 2.41. The highest BCUT2D eigenvalue weighted by molar-refractivity contribution is 7.84. The standard InChI is InChI=1S/C16H23ClN4O2S/c1-9(19-16-18-6-5-14(21-16)24(2)23)12-8-10-7-11(17)3-4-13(10)20-15(12)22/h5-6,9-13H,3-4,7-8H2,1-2H3,(H,20,22)(H,18,19,21)/t9-,10?,11?,12?,13?,24-/m0/s1. The van der Waals surface area contributed by atoms with Gasteiger partial charge in [0.2, 0.25) is 11.9 Å². The van der Waals surface area contributed by atoms with Crippen LogP contribution in [0, 0.1) is 11.8 Å². The van der Waals surface area contributed by atoms with Crippen LogP contribution in [0.3, 0.4) is 0 Å². The monoisotopic (exact) mass is 370 g/mol. The van der Waals surface area contributed by atoms with Crippen molar-refractivity contribution in [1.82, 2.24) is 15.3 Å². The van der Waals surface area contributed by atoms with Gasteiger partial charge in [-0.3, -0.25) is 9.00 Å². The van der Waals surface area contributed by atoms with E-state index in [2.05, 4.69) is 20.6 Å². The number of aromatic nitrogens is 2. The van der Waals surface area contributed by atoms with Gasteiger partial charge in [-0.05, 0) is 44.6 Å². The Morgan fingerprint density at radius 2 is 2.21 bits per heavy atom. The predicted octanol–water partition coefficient (Wildman–Crippen LogP) is 1.93. The van der Waals surface area contributed by atoms with E-state index in [9.17, 15) is 9.00 Å². The zero-order valence-corrected chi connectivity index (χ0v) is 15.4. The number of nitrogens with one attached hydrogen (secondary N) is 2. The van der Waals surface area contributed by atoms with E-state index in [0.717, 1.165) is 25.7 Å². The average molecular weight is 371 g/mol. The molecule has 6 atom stereocenters.